The van der Waals surface area contributed by atoms with Gasteiger partial charge in [0.05, 0.1) is 6.61 Å². The first-order valence-electron chi connectivity index (χ1n) is 4.83. The third kappa shape index (κ3) is 4.66. The van der Waals surface area contributed by atoms with Gasteiger partial charge in [0.1, 0.15) is 5.75 Å². The van der Waals surface area contributed by atoms with E-state index in [1.54, 1.807) is 0 Å². The van der Waals surface area contributed by atoms with Crippen molar-refractivity contribution in [2.75, 3.05) is 18.1 Å². The third-order valence-electron chi connectivity index (χ3n) is 1.86. The molecular formula is C11H14BrClOS. The zero-order valence-corrected chi connectivity index (χ0v) is 11.8. The van der Waals surface area contributed by atoms with Crippen molar-refractivity contribution in [2.24, 2.45) is 0 Å². The number of alkyl halides is 1. The van der Waals surface area contributed by atoms with Gasteiger partial charge in [0.25, 0.3) is 0 Å². The summed E-state index contributed by atoms with van der Waals surface area (Å²) in [6.45, 7) is 2.90. The average Bonchev–Trinajstić information content (AvgIpc) is 2.26. The Kier molecular flexibility index (Phi) is 6.53. The fourth-order valence-corrected chi connectivity index (χ4v) is 2.37. The summed E-state index contributed by atoms with van der Waals surface area (Å²) in [5.74, 6) is 3.56. The highest BCUT2D eigenvalue weighted by Gasteiger charge is 2.01. The fraction of sp³-hybridized carbons (Fsp3) is 0.455. The summed E-state index contributed by atoms with van der Waals surface area (Å²) >= 11 is 11.1. The lowest BCUT2D eigenvalue weighted by molar-refractivity contribution is 0.343. The minimum atomic E-state index is 0.501. The van der Waals surface area contributed by atoms with Crippen molar-refractivity contribution in [1.29, 1.82) is 0 Å². The van der Waals surface area contributed by atoms with Crippen molar-refractivity contribution in [3.63, 3.8) is 0 Å². The van der Waals surface area contributed by atoms with E-state index in [2.05, 4.69) is 22.9 Å². The van der Waals surface area contributed by atoms with Gasteiger partial charge in [-0.05, 0) is 29.5 Å². The topological polar surface area (TPSA) is 9.23 Å². The minimum absolute atomic E-state index is 0.501. The number of ether oxygens (including phenoxy) is 1. The molecular weight excluding hydrogens is 296 g/mol. The summed E-state index contributed by atoms with van der Waals surface area (Å²) in [5, 5.41) is 0. The minimum Gasteiger partial charge on any atom is -0.493 e. The van der Waals surface area contributed by atoms with E-state index in [0.29, 0.717) is 5.88 Å². The molecule has 1 nitrogen and oxygen atoms in total. The summed E-state index contributed by atoms with van der Waals surface area (Å²) in [6, 6.07) is 5.91. The van der Waals surface area contributed by atoms with Gasteiger partial charge in [0.15, 0.2) is 0 Å². The van der Waals surface area contributed by atoms with Gasteiger partial charge >= 0.3 is 0 Å². The summed E-state index contributed by atoms with van der Waals surface area (Å²) in [4.78, 5) is 0. The lowest BCUT2D eigenvalue weighted by Crippen LogP contribution is -2.00. The molecule has 0 aliphatic heterocycles. The van der Waals surface area contributed by atoms with Crippen LogP contribution in [-0.2, 0) is 5.88 Å². The highest BCUT2D eigenvalue weighted by molar-refractivity contribution is 9.10. The number of benzene rings is 1. The Labute approximate surface area is 109 Å². The van der Waals surface area contributed by atoms with Gasteiger partial charge < -0.3 is 4.74 Å². The van der Waals surface area contributed by atoms with Gasteiger partial charge in [-0.3, -0.25) is 0 Å². The smallest absolute Gasteiger partial charge is 0.119 e. The summed E-state index contributed by atoms with van der Waals surface area (Å²) in [6.07, 6.45) is 0. The largest absolute Gasteiger partial charge is 0.493 e. The lowest BCUT2D eigenvalue weighted by atomic mass is 10.2. The summed E-state index contributed by atoms with van der Waals surface area (Å²) in [5.41, 5.74) is 1.07. The van der Waals surface area contributed by atoms with E-state index >= 15 is 0 Å². The molecule has 0 N–H and O–H groups in total. The molecule has 0 radical (unpaired) electrons. The van der Waals surface area contributed by atoms with E-state index in [4.69, 9.17) is 16.3 Å². The molecule has 0 unspecified atom stereocenters. The lowest BCUT2D eigenvalue weighted by Gasteiger charge is -2.07. The first-order valence-corrected chi connectivity index (χ1v) is 7.31. The molecule has 0 bridgehead atoms. The third-order valence-corrected chi connectivity index (χ3v) is 3.79. The van der Waals surface area contributed by atoms with Gasteiger partial charge in [-0.15, -0.1) is 11.6 Å². The molecule has 1 aromatic carbocycles. The van der Waals surface area contributed by atoms with Crippen LogP contribution in [0.5, 0.6) is 5.75 Å². The van der Waals surface area contributed by atoms with Crippen LogP contribution in [0.3, 0.4) is 0 Å². The molecule has 1 aromatic rings. The maximum absolute atomic E-state index is 5.80. The maximum Gasteiger partial charge on any atom is 0.119 e. The van der Waals surface area contributed by atoms with Crippen molar-refractivity contribution >= 4 is 39.3 Å². The molecule has 0 aromatic heterocycles. The first kappa shape index (κ1) is 13.2. The Bertz CT molecular complexity index is 307. The highest BCUT2D eigenvalue weighted by atomic mass is 79.9. The monoisotopic (exact) mass is 308 g/mol. The van der Waals surface area contributed by atoms with Crippen molar-refractivity contribution in [3.05, 3.63) is 28.2 Å². The summed E-state index contributed by atoms with van der Waals surface area (Å²) in [7, 11) is 0. The average molecular weight is 310 g/mol. The van der Waals surface area contributed by atoms with Crippen LogP contribution in [0.4, 0.5) is 0 Å². The Morgan fingerprint density at radius 3 is 2.93 bits per heavy atom. The standard InChI is InChI=1S/C11H14BrClOS/c1-2-15-6-5-14-10-3-4-11(12)9(7-10)8-13/h3-4,7H,2,5-6,8H2,1H3. The van der Waals surface area contributed by atoms with Crippen LogP contribution in [0, 0.1) is 0 Å². The van der Waals surface area contributed by atoms with Gasteiger partial charge in [0.2, 0.25) is 0 Å². The number of thioether (sulfide) groups is 1. The molecule has 0 atom stereocenters. The second kappa shape index (κ2) is 7.42. The van der Waals surface area contributed by atoms with Gasteiger partial charge in [-0.2, -0.15) is 11.8 Å². The molecule has 15 heavy (non-hydrogen) atoms. The first-order chi connectivity index (χ1) is 7.27. The van der Waals surface area contributed by atoms with E-state index < -0.39 is 0 Å². The number of hydrogen-bond donors (Lipinski definition) is 0. The molecule has 0 aliphatic rings. The molecule has 0 heterocycles. The Hall–Kier alpha value is 0.140. The van der Waals surface area contributed by atoms with Crippen LogP contribution in [0.15, 0.2) is 22.7 Å². The van der Waals surface area contributed by atoms with E-state index in [0.717, 1.165) is 33.9 Å². The van der Waals surface area contributed by atoms with Crippen molar-refractivity contribution in [3.8, 4) is 5.75 Å². The van der Waals surface area contributed by atoms with Crippen molar-refractivity contribution in [1.82, 2.24) is 0 Å². The number of rotatable bonds is 6. The second-order valence-corrected chi connectivity index (χ2v) is 5.45. The Balaban J connectivity index is 2.47. The SMILES string of the molecule is CCSCCOc1ccc(Br)c(CCl)c1. The fourth-order valence-electron chi connectivity index (χ4n) is 1.11. The van der Waals surface area contributed by atoms with Crippen LogP contribution in [-0.4, -0.2) is 18.1 Å². The zero-order chi connectivity index (χ0) is 11.1. The van der Waals surface area contributed by atoms with Gasteiger partial charge in [0, 0.05) is 16.1 Å². The van der Waals surface area contributed by atoms with E-state index in [9.17, 15) is 0 Å². The van der Waals surface area contributed by atoms with E-state index in [1.807, 2.05) is 30.0 Å². The highest BCUT2D eigenvalue weighted by Crippen LogP contribution is 2.24. The molecule has 0 fully saturated rings. The van der Waals surface area contributed by atoms with Crippen LogP contribution in [0.2, 0.25) is 0 Å². The molecule has 0 amide bonds. The van der Waals surface area contributed by atoms with Crippen LogP contribution < -0.4 is 4.74 Å². The maximum atomic E-state index is 5.80. The number of hydrogen-bond acceptors (Lipinski definition) is 2. The molecule has 1 rings (SSSR count). The van der Waals surface area contributed by atoms with Gasteiger partial charge in [-0.1, -0.05) is 22.9 Å². The molecule has 0 saturated heterocycles. The van der Waals surface area contributed by atoms with E-state index in [1.165, 1.54) is 0 Å². The molecule has 4 heteroatoms. The van der Waals surface area contributed by atoms with Crippen LogP contribution in [0.25, 0.3) is 0 Å². The quantitative estimate of drug-likeness (QED) is 0.572. The van der Waals surface area contributed by atoms with E-state index in [-0.39, 0.29) is 0 Å². The predicted octanol–water partition coefficient (Wildman–Crippen LogP) is 4.32. The van der Waals surface area contributed by atoms with Gasteiger partial charge in [-0.25, -0.2) is 0 Å². The van der Waals surface area contributed by atoms with Crippen LogP contribution in [0.1, 0.15) is 12.5 Å². The summed E-state index contributed by atoms with van der Waals surface area (Å²) < 4.78 is 6.64. The predicted molar refractivity (Wildman–Crippen MR) is 72.2 cm³/mol. The van der Waals surface area contributed by atoms with Crippen molar-refractivity contribution in [2.45, 2.75) is 12.8 Å². The molecule has 0 spiro atoms. The van der Waals surface area contributed by atoms with Crippen molar-refractivity contribution < 1.29 is 4.74 Å². The molecule has 84 valence electrons. The normalized spacial score (nSPS) is 10.3. The Morgan fingerprint density at radius 2 is 2.27 bits per heavy atom. The Morgan fingerprint density at radius 1 is 1.47 bits per heavy atom. The number of halogens is 2. The second-order valence-electron chi connectivity index (χ2n) is 2.93. The molecule has 0 saturated carbocycles. The van der Waals surface area contributed by atoms with Crippen LogP contribution >= 0.6 is 39.3 Å². The molecule has 0 aliphatic carbocycles. The zero-order valence-electron chi connectivity index (χ0n) is 8.63.